The molecule has 0 spiro atoms. The zero-order valence-electron chi connectivity index (χ0n) is 17.1. The highest BCUT2D eigenvalue weighted by Gasteiger charge is 2.42. The molecule has 0 radical (unpaired) electrons. The van der Waals surface area contributed by atoms with Crippen molar-refractivity contribution in [1.82, 2.24) is 19.9 Å². The number of nitrogens with zero attached hydrogens (tertiary/aromatic N) is 4. The first-order chi connectivity index (χ1) is 15.5. The van der Waals surface area contributed by atoms with E-state index in [0.717, 1.165) is 32.9 Å². The van der Waals surface area contributed by atoms with Crippen LogP contribution in [0.3, 0.4) is 0 Å². The molecule has 1 aromatic carbocycles. The number of aromatic nitrogens is 3. The van der Waals surface area contributed by atoms with Crippen LogP contribution >= 0.6 is 39.7 Å². The van der Waals surface area contributed by atoms with Gasteiger partial charge in [0, 0.05) is 34.4 Å². The molecular weight excluding hydrogens is 506 g/mol. The molecule has 1 N–H and O–H groups in total. The standard InChI is InChI=1S/C24H19BrClN5S/c1-15-13-17(8-9-18(15)25)31-23(22(29-24(31)32)19-5-2-3-11-27-19)20-6-4-12-30(20)21-10-7-16(26)14-28-21/h2-14,22-23H,1H3,(H,29,32)/t22-,23+/m1/s1. The maximum absolute atomic E-state index is 6.07. The Balaban J connectivity index is 1.67. The molecule has 1 fully saturated rings. The van der Waals surface area contributed by atoms with Gasteiger partial charge in [-0.05, 0) is 79.3 Å². The molecule has 5 nitrogen and oxygen atoms in total. The summed E-state index contributed by atoms with van der Waals surface area (Å²) in [4.78, 5) is 11.3. The lowest BCUT2D eigenvalue weighted by molar-refractivity contribution is 0.548. The number of anilines is 1. The van der Waals surface area contributed by atoms with Gasteiger partial charge in [0.15, 0.2) is 5.11 Å². The monoisotopic (exact) mass is 523 g/mol. The average molecular weight is 525 g/mol. The van der Waals surface area contributed by atoms with Crippen molar-refractivity contribution in [3.63, 3.8) is 0 Å². The third-order valence-corrected chi connectivity index (χ3v) is 6.99. The number of aryl methyl sites for hydroxylation is 1. The highest BCUT2D eigenvalue weighted by molar-refractivity contribution is 9.10. The minimum atomic E-state index is -0.134. The van der Waals surface area contributed by atoms with Crippen molar-refractivity contribution in [3.8, 4) is 5.82 Å². The van der Waals surface area contributed by atoms with Gasteiger partial charge in [-0.2, -0.15) is 0 Å². The van der Waals surface area contributed by atoms with Crippen molar-refractivity contribution in [3.05, 3.63) is 106 Å². The van der Waals surface area contributed by atoms with E-state index in [1.54, 1.807) is 6.20 Å². The van der Waals surface area contributed by atoms with Crippen LogP contribution in [0, 0.1) is 6.92 Å². The summed E-state index contributed by atoms with van der Waals surface area (Å²) >= 11 is 15.5. The third-order valence-electron chi connectivity index (χ3n) is 5.56. The van der Waals surface area contributed by atoms with Gasteiger partial charge in [-0.15, -0.1) is 0 Å². The van der Waals surface area contributed by atoms with E-state index in [0.29, 0.717) is 10.1 Å². The highest BCUT2D eigenvalue weighted by Crippen LogP contribution is 2.42. The van der Waals surface area contributed by atoms with Gasteiger partial charge in [0.05, 0.1) is 16.8 Å². The molecule has 3 aromatic heterocycles. The Morgan fingerprint density at radius 1 is 1.06 bits per heavy atom. The third kappa shape index (κ3) is 3.81. The molecule has 1 aliphatic rings. The number of nitrogens with one attached hydrogen (secondary N) is 1. The average Bonchev–Trinajstić information content (AvgIpc) is 3.41. The summed E-state index contributed by atoms with van der Waals surface area (Å²) in [6.07, 6.45) is 5.47. The fourth-order valence-corrected chi connectivity index (χ4v) is 4.77. The first kappa shape index (κ1) is 21.1. The zero-order valence-corrected chi connectivity index (χ0v) is 20.3. The molecule has 8 heteroatoms. The molecule has 32 heavy (non-hydrogen) atoms. The van der Waals surface area contributed by atoms with Crippen LogP contribution in [0.25, 0.3) is 5.82 Å². The van der Waals surface area contributed by atoms with E-state index in [9.17, 15) is 0 Å². The van der Waals surface area contributed by atoms with E-state index < -0.39 is 0 Å². The van der Waals surface area contributed by atoms with Crippen molar-refractivity contribution in [2.75, 3.05) is 4.90 Å². The first-order valence-electron chi connectivity index (χ1n) is 10.1. The summed E-state index contributed by atoms with van der Waals surface area (Å²) in [5.41, 5.74) is 4.12. The molecule has 0 saturated carbocycles. The lowest BCUT2D eigenvalue weighted by Gasteiger charge is -2.29. The first-order valence-corrected chi connectivity index (χ1v) is 11.7. The molecular formula is C24H19BrClN5S. The fourth-order valence-electron chi connectivity index (χ4n) is 4.07. The van der Waals surface area contributed by atoms with E-state index >= 15 is 0 Å². The molecule has 4 aromatic rings. The molecule has 2 atom stereocenters. The van der Waals surface area contributed by atoms with Crippen LogP contribution in [-0.4, -0.2) is 19.6 Å². The maximum atomic E-state index is 6.07. The number of benzene rings is 1. The number of thiocarbonyl (C=S) groups is 1. The predicted molar refractivity (Wildman–Crippen MR) is 135 cm³/mol. The zero-order chi connectivity index (χ0) is 22.2. The van der Waals surface area contributed by atoms with Crippen molar-refractivity contribution in [2.24, 2.45) is 0 Å². The SMILES string of the molecule is Cc1cc(N2C(=S)N[C@H](c3ccccn3)[C@@H]2c2cccn2-c2ccc(Cl)cn2)ccc1Br. The van der Waals surface area contributed by atoms with Gasteiger partial charge in [0.25, 0.3) is 0 Å². The van der Waals surface area contributed by atoms with Crippen LogP contribution in [0.5, 0.6) is 0 Å². The Morgan fingerprint density at radius 2 is 1.94 bits per heavy atom. The summed E-state index contributed by atoms with van der Waals surface area (Å²) in [5.74, 6) is 0.791. The number of hydrogen-bond donors (Lipinski definition) is 1. The van der Waals surface area contributed by atoms with Crippen LogP contribution in [0.4, 0.5) is 5.69 Å². The maximum Gasteiger partial charge on any atom is 0.174 e. The Labute approximate surface area is 205 Å². The molecule has 0 aliphatic carbocycles. The second-order valence-electron chi connectivity index (χ2n) is 7.57. The second-order valence-corrected chi connectivity index (χ2v) is 9.25. The largest absolute Gasteiger partial charge is 0.351 e. The van der Waals surface area contributed by atoms with Gasteiger partial charge in [-0.25, -0.2) is 4.98 Å². The van der Waals surface area contributed by atoms with Gasteiger partial charge in [-0.1, -0.05) is 33.6 Å². The molecule has 160 valence electrons. The van der Waals surface area contributed by atoms with E-state index in [-0.39, 0.29) is 12.1 Å². The molecule has 1 aliphatic heterocycles. The normalized spacial score (nSPS) is 18.1. The Kier molecular flexibility index (Phi) is 5.71. The minimum absolute atomic E-state index is 0.131. The summed E-state index contributed by atoms with van der Waals surface area (Å²) in [7, 11) is 0. The van der Waals surface area contributed by atoms with E-state index in [1.807, 2.05) is 48.8 Å². The van der Waals surface area contributed by atoms with Gasteiger partial charge in [0.1, 0.15) is 11.9 Å². The predicted octanol–water partition coefficient (Wildman–Crippen LogP) is 6.17. The lowest BCUT2D eigenvalue weighted by Crippen LogP contribution is -2.30. The van der Waals surface area contributed by atoms with Crippen LogP contribution in [-0.2, 0) is 0 Å². The van der Waals surface area contributed by atoms with Crippen molar-refractivity contribution in [2.45, 2.75) is 19.0 Å². The van der Waals surface area contributed by atoms with Crippen LogP contribution in [0.15, 0.2) is 83.7 Å². The molecule has 4 heterocycles. The number of hydrogen-bond acceptors (Lipinski definition) is 3. The molecule has 1 saturated heterocycles. The van der Waals surface area contributed by atoms with E-state index in [4.69, 9.17) is 23.8 Å². The van der Waals surface area contributed by atoms with E-state index in [2.05, 4.69) is 71.9 Å². The Hall–Kier alpha value is -2.74. The van der Waals surface area contributed by atoms with Crippen molar-refractivity contribution >= 4 is 50.5 Å². The summed E-state index contributed by atoms with van der Waals surface area (Å²) in [5, 5.41) is 4.77. The summed E-state index contributed by atoms with van der Waals surface area (Å²) in [6, 6.07) is 19.8. The number of halogens is 2. The molecule has 0 amide bonds. The van der Waals surface area contributed by atoms with Gasteiger partial charge in [-0.3, -0.25) is 4.98 Å². The minimum Gasteiger partial charge on any atom is -0.351 e. The smallest absolute Gasteiger partial charge is 0.174 e. The summed E-state index contributed by atoms with van der Waals surface area (Å²) < 4.78 is 3.14. The Morgan fingerprint density at radius 3 is 2.66 bits per heavy atom. The lowest BCUT2D eigenvalue weighted by atomic mass is 10.0. The molecule has 0 bridgehead atoms. The number of rotatable bonds is 4. The van der Waals surface area contributed by atoms with Gasteiger partial charge >= 0.3 is 0 Å². The summed E-state index contributed by atoms with van der Waals surface area (Å²) in [6.45, 7) is 2.08. The topological polar surface area (TPSA) is 46.0 Å². The van der Waals surface area contributed by atoms with E-state index in [1.165, 1.54) is 0 Å². The van der Waals surface area contributed by atoms with Crippen molar-refractivity contribution < 1.29 is 0 Å². The van der Waals surface area contributed by atoms with Gasteiger partial charge in [0.2, 0.25) is 0 Å². The molecule has 5 rings (SSSR count). The Bertz CT molecular complexity index is 1280. The van der Waals surface area contributed by atoms with Gasteiger partial charge < -0.3 is 14.8 Å². The quantitative estimate of drug-likeness (QED) is 0.324. The fraction of sp³-hybridized carbons (Fsp3) is 0.125. The van der Waals surface area contributed by atoms with Crippen LogP contribution in [0.2, 0.25) is 5.02 Å². The second kappa shape index (κ2) is 8.65. The van der Waals surface area contributed by atoms with Crippen LogP contribution in [0.1, 0.15) is 29.0 Å². The number of pyridine rings is 2. The highest BCUT2D eigenvalue weighted by atomic mass is 79.9. The molecule has 0 unspecified atom stereocenters. The van der Waals surface area contributed by atoms with Crippen molar-refractivity contribution in [1.29, 1.82) is 0 Å². The van der Waals surface area contributed by atoms with Crippen LogP contribution < -0.4 is 10.2 Å².